The molecule has 1 aliphatic rings. The van der Waals surface area contributed by atoms with E-state index < -0.39 is 11.6 Å². The minimum absolute atomic E-state index is 0.0752. The summed E-state index contributed by atoms with van der Waals surface area (Å²) >= 11 is 5.98. The fourth-order valence-electron chi connectivity index (χ4n) is 3.66. The van der Waals surface area contributed by atoms with Gasteiger partial charge in [0.1, 0.15) is 5.52 Å². The Hall–Kier alpha value is -2.75. The standard InChI is InChI=1S/C20H21ClF2N6O/c1-29-7-3-6-13(10-29)25-20-26-17-14(9-15(22)16(23)18(17)27-20)19(28-30)24-12-5-2-4-11(21)8-12/h2,4-5,8-9,13,30H,3,6-7,10H2,1H3,(H,24,28)(H2,25,26,27)/t13-/m1/s1. The average Bonchev–Trinajstić information content (AvgIpc) is 3.13. The Kier molecular flexibility index (Phi) is 5.85. The van der Waals surface area contributed by atoms with Crippen molar-refractivity contribution in [2.24, 2.45) is 4.99 Å². The van der Waals surface area contributed by atoms with E-state index in [1.807, 2.05) is 12.5 Å². The lowest BCUT2D eigenvalue weighted by atomic mass is 10.1. The second-order valence-corrected chi connectivity index (χ2v) is 7.76. The molecule has 1 aromatic heterocycles. The highest BCUT2D eigenvalue weighted by atomic mass is 35.5. The van der Waals surface area contributed by atoms with E-state index in [4.69, 9.17) is 11.6 Å². The van der Waals surface area contributed by atoms with Gasteiger partial charge in [-0.15, -0.1) is 0 Å². The molecule has 4 N–H and O–H groups in total. The number of likely N-dealkylation sites (N-methyl/N-ethyl adjacent to an activating group) is 1. The van der Waals surface area contributed by atoms with Crippen molar-refractivity contribution in [1.29, 1.82) is 0 Å². The van der Waals surface area contributed by atoms with Gasteiger partial charge in [0.25, 0.3) is 0 Å². The normalized spacial score (nSPS) is 18.0. The number of H-pyrrole nitrogens is 1. The molecule has 0 amide bonds. The van der Waals surface area contributed by atoms with Gasteiger partial charge in [0.05, 0.1) is 11.2 Å². The molecule has 1 atom stereocenters. The summed E-state index contributed by atoms with van der Waals surface area (Å²) in [7, 11) is 2.03. The van der Waals surface area contributed by atoms with Crippen molar-refractivity contribution in [2.75, 3.05) is 25.5 Å². The number of nitrogens with one attached hydrogen (secondary N) is 3. The van der Waals surface area contributed by atoms with Gasteiger partial charge in [0, 0.05) is 23.2 Å². The van der Waals surface area contributed by atoms with Crippen molar-refractivity contribution in [3.05, 3.63) is 52.6 Å². The lowest BCUT2D eigenvalue weighted by Crippen LogP contribution is -2.39. The lowest BCUT2D eigenvalue weighted by molar-refractivity contribution is 0.235. The number of piperidine rings is 1. The Balaban J connectivity index is 1.75. The van der Waals surface area contributed by atoms with E-state index in [2.05, 4.69) is 25.2 Å². The molecule has 0 saturated carbocycles. The Bertz CT molecular complexity index is 1100. The van der Waals surface area contributed by atoms with Crippen molar-refractivity contribution in [3.63, 3.8) is 0 Å². The van der Waals surface area contributed by atoms with Crippen LogP contribution in [0, 0.1) is 11.6 Å². The van der Waals surface area contributed by atoms with Crippen LogP contribution in [-0.2, 0) is 0 Å². The Labute approximate surface area is 176 Å². The summed E-state index contributed by atoms with van der Waals surface area (Å²) in [5.74, 6) is -1.91. The molecule has 0 bridgehead atoms. The first-order valence-electron chi connectivity index (χ1n) is 9.52. The first-order chi connectivity index (χ1) is 14.4. The van der Waals surface area contributed by atoms with Crippen LogP contribution in [0.3, 0.4) is 0 Å². The number of benzene rings is 2. The van der Waals surface area contributed by atoms with Crippen LogP contribution in [0.2, 0.25) is 5.02 Å². The molecule has 1 saturated heterocycles. The average molecular weight is 435 g/mol. The smallest absolute Gasteiger partial charge is 0.201 e. The van der Waals surface area contributed by atoms with Gasteiger partial charge >= 0.3 is 0 Å². The zero-order valence-corrected chi connectivity index (χ0v) is 17.0. The van der Waals surface area contributed by atoms with Gasteiger partial charge in [-0.1, -0.05) is 17.7 Å². The molecule has 4 rings (SSSR count). The molecular weight excluding hydrogens is 414 g/mol. The van der Waals surface area contributed by atoms with Crippen LogP contribution in [0.15, 0.2) is 35.3 Å². The second kappa shape index (κ2) is 8.55. The maximum atomic E-state index is 14.4. The van der Waals surface area contributed by atoms with Crippen LogP contribution >= 0.6 is 11.6 Å². The minimum Gasteiger partial charge on any atom is -0.352 e. The maximum Gasteiger partial charge on any atom is 0.201 e. The molecule has 158 valence electrons. The summed E-state index contributed by atoms with van der Waals surface area (Å²) < 4.78 is 28.7. The molecule has 0 spiro atoms. The SMILES string of the molecule is CN1CCC[C@@H](Nc2nc3c(F)c(F)cc(C(=Nc4cccc(Cl)c4)NO)c3[nH]2)C1. The van der Waals surface area contributed by atoms with E-state index in [0.717, 1.165) is 32.0 Å². The van der Waals surface area contributed by atoms with Crippen LogP contribution in [0.5, 0.6) is 0 Å². The zero-order chi connectivity index (χ0) is 21.3. The van der Waals surface area contributed by atoms with Crippen LogP contribution in [-0.4, -0.2) is 52.1 Å². The van der Waals surface area contributed by atoms with Gasteiger partial charge < -0.3 is 15.2 Å². The summed E-state index contributed by atoms with van der Waals surface area (Å²) in [4.78, 5) is 13.7. The number of likely N-dealkylation sites (tertiary alicyclic amines) is 1. The van der Waals surface area contributed by atoms with Crippen molar-refractivity contribution < 1.29 is 14.0 Å². The molecule has 2 aromatic carbocycles. The maximum absolute atomic E-state index is 14.4. The van der Waals surface area contributed by atoms with Gasteiger partial charge in [0.2, 0.25) is 5.95 Å². The number of rotatable bonds is 4. The van der Waals surface area contributed by atoms with E-state index in [9.17, 15) is 14.0 Å². The minimum atomic E-state index is -1.10. The molecule has 2 heterocycles. The number of aromatic nitrogens is 2. The molecule has 7 nitrogen and oxygen atoms in total. The molecule has 0 unspecified atom stereocenters. The molecule has 1 fully saturated rings. The van der Waals surface area contributed by atoms with Crippen molar-refractivity contribution >= 4 is 40.1 Å². The fraction of sp³-hybridized carbons (Fsp3) is 0.300. The van der Waals surface area contributed by atoms with Gasteiger partial charge in [0.15, 0.2) is 17.5 Å². The molecule has 3 aromatic rings. The third-order valence-electron chi connectivity index (χ3n) is 5.04. The number of aromatic amines is 1. The Morgan fingerprint density at radius 2 is 2.20 bits per heavy atom. The number of halogens is 3. The van der Waals surface area contributed by atoms with Gasteiger partial charge in [-0.05, 0) is 50.7 Å². The van der Waals surface area contributed by atoms with E-state index in [1.165, 1.54) is 0 Å². The Morgan fingerprint density at radius 1 is 1.37 bits per heavy atom. The van der Waals surface area contributed by atoms with Gasteiger partial charge in [-0.25, -0.2) is 18.8 Å². The highest BCUT2D eigenvalue weighted by Crippen LogP contribution is 2.27. The quantitative estimate of drug-likeness (QED) is 0.282. The van der Waals surface area contributed by atoms with E-state index in [0.29, 0.717) is 16.7 Å². The third-order valence-corrected chi connectivity index (χ3v) is 5.27. The molecule has 10 heteroatoms. The summed E-state index contributed by atoms with van der Waals surface area (Å²) in [6.45, 7) is 1.84. The monoisotopic (exact) mass is 434 g/mol. The number of hydrogen-bond acceptors (Lipinski definition) is 5. The number of aliphatic imine (C=N–C) groups is 1. The van der Waals surface area contributed by atoms with Crippen molar-refractivity contribution in [1.82, 2.24) is 20.3 Å². The number of amidine groups is 1. The number of anilines is 1. The Morgan fingerprint density at radius 3 is 2.93 bits per heavy atom. The molecular formula is C20H21ClF2N6O. The van der Waals surface area contributed by atoms with Crippen LogP contribution in [0.25, 0.3) is 11.0 Å². The van der Waals surface area contributed by atoms with Gasteiger partial charge in [-0.3, -0.25) is 10.7 Å². The predicted molar refractivity (Wildman–Crippen MR) is 113 cm³/mol. The van der Waals surface area contributed by atoms with E-state index >= 15 is 0 Å². The molecule has 0 aliphatic carbocycles. The van der Waals surface area contributed by atoms with Crippen molar-refractivity contribution in [3.8, 4) is 0 Å². The summed E-state index contributed by atoms with van der Waals surface area (Å²) in [5.41, 5.74) is 2.56. The predicted octanol–water partition coefficient (Wildman–Crippen LogP) is 4.06. The van der Waals surface area contributed by atoms with Crippen LogP contribution < -0.4 is 10.8 Å². The molecule has 1 aliphatic heterocycles. The first-order valence-corrected chi connectivity index (χ1v) is 9.90. The third kappa shape index (κ3) is 4.23. The number of imidazole rings is 1. The summed E-state index contributed by atoms with van der Waals surface area (Å²) in [5, 5.41) is 13.3. The number of hydrogen-bond donors (Lipinski definition) is 4. The summed E-state index contributed by atoms with van der Waals surface area (Å²) in [6.07, 6.45) is 1.98. The largest absolute Gasteiger partial charge is 0.352 e. The van der Waals surface area contributed by atoms with E-state index in [-0.39, 0.29) is 28.5 Å². The van der Waals surface area contributed by atoms with Crippen LogP contribution in [0.1, 0.15) is 18.4 Å². The van der Waals surface area contributed by atoms with E-state index in [1.54, 1.807) is 24.3 Å². The number of fused-ring (bicyclic) bond motifs is 1. The first kappa shape index (κ1) is 20.5. The molecule has 0 radical (unpaired) electrons. The highest BCUT2D eigenvalue weighted by molar-refractivity contribution is 6.30. The van der Waals surface area contributed by atoms with Crippen LogP contribution in [0.4, 0.5) is 20.4 Å². The zero-order valence-electron chi connectivity index (χ0n) is 16.2. The number of nitrogens with zero attached hydrogens (tertiary/aromatic N) is 3. The van der Waals surface area contributed by atoms with Crippen molar-refractivity contribution in [2.45, 2.75) is 18.9 Å². The van der Waals surface area contributed by atoms with Gasteiger partial charge in [-0.2, -0.15) is 0 Å². The number of hydroxylamine groups is 1. The highest BCUT2D eigenvalue weighted by Gasteiger charge is 2.22. The lowest BCUT2D eigenvalue weighted by Gasteiger charge is -2.29. The topological polar surface area (TPSA) is 88.6 Å². The fourth-order valence-corrected chi connectivity index (χ4v) is 3.84. The molecule has 30 heavy (non-hydrogen) atoms. The summed E-state index contributed by atoms with van der Waals surface area (Å²) in [6, 6.07) is 7.71. The second-order valence-electron chi connectivity index (χ2n) is 7.33.